The number of hydrogen-bond acceptors (Lipinski definition) is 5. The summed E-state index contributed by atoms with van der Waals surface area (Å²) in [6, 6.07) is 5.29. The molecule has 6 heteroatoms. The molecule has 0 radical (unpaired) electrons. The monoisotopic (exact) mass is 260 g/mol. The first-order chi connectivity index (χ1) is 9.13. The standard InChI is InChI=1S/C13H16N4O2/c1-7-10(4-5-19-7)15-13-16-11-3-2-8(14)6-9(11)12(18)17-13/h2-3,6-7,10H,4-5,14H2,1H3,(H2,15,16,17,18). The van der Waals surface area contributed by atoms with Gasteiger partial charge in [0.1, 0.15) is 0 Å². The van der Waals surface area contributed by atoms with E-state index in [2.05, 4.69) is 15.3 Å². The van der Waals surface area contributed by atoms with E-state index in [1.807, 2.05) is 6.92 Å². The van der Waals surface area contributed by atoms with Gasteiger partial charge in [0, 0.05) is 12.3 Å². The second-order valence-electron chi connectivity index (χ2n) is 4.81. The zero-order valence-electron chi connectivity index (χ0n) is 10.6. The van der Waals surface area contributed by atoms with E-state index in [9.17, 15) is 4.79 Å². The Morgan fingerprint density at radius 3 is 3.11 bits per heavy atom. The SMILES string of the molecule is CC1OCCC1Nc1nc2ccc(N)cc2c(=O)[nH]1. The van der Waals surface area contributed by atoms with E-state index in [0.29, 0.717) is 22.5 Å². The summed E-state index contributed by atoms with van der Waals surface area (Å²) >= 11 is 0. The fourth-order valence-electron chi connectivity index (χ4n) is 2.32. The molecule has 4 N–H and O–H groups in total. The molecule has 3 rings (SSSR count). The number of rotatable bonds is 2. The van der Waals surface area contributed by atoms with Gasteiger partial charge in [-0.25, -0.2) is 4.98 Å². The number of nitrogens with zero attached hydrogens (tertiary/aromatic N) is 1. The molecule has 0 amide bonds. The maximum atomic E-state index is 12.0. The van der Waals surface area contributed by atoms with Gasteiger partial charge in [0.15, 0.2) is 0 Å². The fraction of sp³-hybridized carbons (Fsp3) is 0.385. The van der Waals surface area contributed by atoms with Crippen molar-refractivity contribution in [2.45, 2.75) is 25.5 Å². The van der Waals surface area contributed by atoms with Crippen LogP contribution in [-0.4, -0.2) is 28.7 Å². The normalized spacial score (nSPS) is 22.8. The van der Waals surface area contributed by atoms with E-state index in [1.165, 1.54) is 0 Å². The summed E-state index contributed by atoms with van der Waals surface area (Å²) in [6.45, 7) is 2.73. The first-order valence-electron chi connectivity index (χ1n) is 6.31. The number of nitrogen functional groups attached to an aromatic ring is 1. The van der Waals surface area contributed by atoms with Gasteiger partial charge < -0.3 is 15.8 Å². The van der Waals surface area contributed by atoms with E-state index in [4.69, 9.17) is 10.5 Å². The minimum atomic E-state index is -0.189. The fourth-order valence-corrected chi connectivity index (χ4v) is 2.32. The predicted octanol–water partition coefficient (Wildman–Crippen LogP) is 1.09. The summed E-state index contributed by atoms with van der Waals surface area (Å²) in [7, 11) is 0. The van der Waals surface area contributed by atoms with Crippen LogP contribution in [0.4, 0.5) is 11.6 Å². The number of anilines is 2. The van der Waals surface area contributed by atoms with Gasteiger partial charge in [0.2, 0.25) is 5.95 Å². The molecule has 1 aliphatic heterocycles. The van der Waals surface area contributed by atoms with Crippen molar-refractivity contribution in [3.63, 3.8) is 0 Å². The maximum absolute atomic E-state index is 12.0. The topological polar surface area (TPSA) is 93.0 Å². The lowest BCUT2D eigenvalue weighted by atomic mass is 10.1. The highest BCUT2D eigenvalue weighted by molar-refractivity contribution is 5.81. The number of nitrogens with one attached hydrogen (secondary N) is 2. The van der Waals surface area contributed by atoms with Gasteiger partial charge in [-0.2, -0.15) is 0 Å². The Morgan fingerprint density at radius 1 is 1.53 bits per heavy atom. The molecule has 0 saturated carbocycles. The average molecular weight is 260 g/mol. The molecule has 0 spiro atoms. The molecule has 19 heavy (non-hydrogen) atoms. The smallest absolute Gasteiger partial charge is 0.260 e. The predicted molar refractivity (Wildman–Crippen MR) is 74.2 cm³/mol. The molecular weight excluding hydrogens is 244 g/mol. The molecule has 2 heterocycles. The van der Waals surface area contributed by atoms with Crippen molar-refractivity contribution in [2.75, 3.05) is 17.7 Å². The minimum absolute atomic E-state index is 0.118. The summed E-state index contributed by atoms with van der Waals surface area (Å²) in [4.78, 5) is 19.1. The molecule has 6 nitrogen and oxygen atoms in total. The van der Waals surface area contributed by atoms with Crippen molar-refractivity contribution in [3.8, 4) is 0 Å². The molecular formula is C13H16N4O2. The Morgan fingerprint density at radius 2 is 2.37 bits per heavy atom. The molecule has 2 atom stereocenters. The summed E-state index contributed by atoms with van der Waals surface area (Å²) in [5, 5.41) is 3.72. The van der Waals surface area contributed by atoms with Crippen LogP contribution in [0.5, 0.6) is 0 Å². The van der Waals surface area contributed by atoms with Crippen molar-refractivity contribution < 1.29 is 4.74 Å². The molecule has 1 saturated heterocycles. The summed E-state index contributed by atoms with van der Waals surface area (Å²) in [6.07, 6.45) is 1.03. The van der Waals surface area contributed by atoms with Crippen molar-refractivity contribution in [1.82, 2.24) is 9.97 Å². The van der Waals surface area contributed by atoms with Crippen LogP contribution >= 0.6 is 0 Å². The van der Waals surface area contributed by atoms with Crippen molar-refractivity contribution in [3.05, 3.63) is 28.6 Å². The Kier molecular flexibility index (Phi) is 2.87. The van der Waals surface area contributed by atoms with Crippen LogP contribution in [0.15, 0.2) is 23.0 Å². The number of benzene rings is 1. The van der Waals surface area contributed by atoms with Gasteiger partial charge in [-0.05, 0) is 31.5 Å². The molecule has 1 aliphatic rings. The van der Waals surface area contributed by atoms with Crippen molar-refractivity contribution in [1.29, 1.82) is 0 Å². The average Bonchev–Trinajstić information content (AvgIpc) is 2.76. The number of H-pyrrole nitrogens is 1. The molecule has 2 unspecified atom stereocenters. The largest absolute Gasteiger partial charge is 0.399 e. The van der Waals surface area contributed by atoms with Crippen LogP contribution in [0.1, 0.15) is 13.3 Å². The molecule has 0 bridgehead atoms. The molecule has 1 aromatic heterocycles. The highest BCUT2D eigenvalue weighted by atomic mass is 16.5. The third-order valence-electron chi connectivity index (χ3n) is 3.43. The second-order valence-corrected chi connectivity index (χ2v) is 4.81. The number of nitrogens with two attached hydrogens (primary N) is 1. The Hall–Kier alpha value is -2.08. The van der Waals surface area contributed by atoms with Crippen molar-refractivity contribution >= 4 is 22.5 Å². The second kappa shape index (κ2) is 4.55. The highest BCUT2D eigenvalue weighted by Gasteiger charge is 2.24. The molecule has 100 valence electrons. The van der Waals surface area contributed by atoms with Gasteiger partial charge in [-0.1, -0.05) is 0 Å². The summed E-state index contributed by atoms with van der Waals surface area (Å²) in [5.74, 6) is 0.477. The lowest BCUT2D eigenvalue weighted by Crippen LogP contribution is -2.28. The van der Waals surface area contributed by atoms with Gasteiger partial charge in [-0.3, -0.25) is 9.78 Å². The zero-order valence-corrected chi connectivity index (χ0v) is 10.6. The van der Waals surface area contributed by atoms with Crippen LogP contribution in [0.2, 0.25) is 0 Å². The van der Waals surface area contributed by atoms with E-state index >= 15 is 0 Å². The van der Waals surface area contributed by atoms with Gasteiger partial charge >= 0.3 is 0 Å². The first kappa shape index (κ1) is 12.0. The highest BCUT2D eigenvalue weighted by Crippen LogP contribution is 2.18. The molecule has 1 fully saturated rings. The summed E-state index contributed by atoms with van der Waals surface area (Å²) < 4.78 is 5.47. The quantitative estimate of drug-likeness (QED) is 0.703. The number of ether oxygens (including phenoxy) is 1. The first-order valence-corrected chi connectivity index (χ1v) is 6.31. The minimum Gasteiger partial charge on any atom is -0.399 e. The lowest BCUT2D eigenvalue weighted by molar-refractivity contribution is 0.121. The molecule has 1 aromatic carbocycles. The van der Waals surface area contributed by atoms with E-state index in [-0.39, 0.29) is 17.7 Å². The van der Waals surface area contributed by atoms with Gasteiger partial charge in [0.25, 0.3) is 5.56 Å². The van der Waals surface area contributed by atoms with Crippen LogP contribution in [0, 0.1) is 0 Å². The van der Waals surface area contributed by atoms with Crippen LogP contribution in [0.25, 0.3) is 10.9 Å². The van der Waals surface area contributed by atoms with Gasteiger partial charge in [0.05, 0.1) is 23.0 Å². The number of hydrogen-bond donors (Lipinski definition) is 3. The van der Waals surface area contributed by atoms with Crippen LogP contribution < -0.4 is 16.6 Å². The Bertz CT molecular complexity index is 667. The third-order valence-corrected chi connectivity index (χ3v) is 3.43. The van der Waals surface area contributed by atoms with Crippen LogP contribution in [-0.2, 0) is 4.74 Å². The third kappa shape index (κ3) is 2.26. The zero-order chi connectivity index (χ0) is 13.4. The molecule has 0 aliphatic carbocycles. The van der Waals surface area contributed by atoms with E-state index in [1.54, 1.807) is 18.2 Å². The van der Waals surface area contributed by atoms with Crippen LogP contribution in [0.3, 0.4) is 0 Å². The number of aromatic nitrogens is 2. The van der Waals surface area contributed by atoms with E-state index < -0.39 is 0 Å². The Balaban J connectivity index is 1.97. The summed E-state index contributed by atoms with van der Waals surface area (Å²) in [5.41, 5.74) is 6.67. The molecule has 2 aromatic rings. The number of aromatic amines is 1. The van der Waals surface area contributed by atoms with E-state index in [0.717, 1.165) is 13.0 Å². The Labute approximate surface area is 110 Å². The lowest BCUT2D eigenvalue weighted by Gasteiger charge is -2.16. The van der Waals surface area contributed by atoms with Crippen molar-refractivity contribution in [2.24, 2.45) is 0 Å². The van der Waals surface area contributed by atoms with Gasteiger partial charge in [-0.15, -0.1) is 0 Å². The number of fused-ring (bicyclic) bond motifs is 1. The maximum Gasteiger partial charge on any atom is 0.260 e.